The molecule has 0 atom stereocenters. The average Bonchev–Trinajstić information content (AvgIpc) is 2.68. The molecule has 3 rings (SSSR count). The number of hydrazone groups is 1. The Hall–Kier alpha value is -3.67. The largest absolute Gasteiger partial charge is 0.507 e. The summed E-state index contributed by atoms with van der Waals surface area (Å²) < 4.78 is 0. The van der Waals surface area contributed by atoms with Gasteiger partial charge in [-0.1, -0.05) is 48.5 Å². The molecule has 0 heterocycles. The van der Waals surface area contributed by atoms with Crippen LogP contribution in [0.2, 0.25) is 0 Å². The SMILES string of the molecule is Cc1ccccc1C(=O)NCC(=O)NN=Cc1c(O)ccc2ccccc12. The number of hydrogen-bond donors (Lipinski definition) is 3. The molecule has 0 aliphatic carbocycles. The number of aryl methyl sites for hydroxylation is 1. The zero-order valence-electron chi connectivity index (χ0n) is 14.8. The molecule has 6 nitrogen and oxygen atoms in total. The predicted molar refractivity (Wildman–Crippen MR) is 105 cm³/mol. The van der Waals surface area contributed by atoms with Crippen LogP contribution in [0.25, 0.3) is 10.8 Å². The molecule has 0 saturated heterocycles. The fraction of sp³-hybridized carbons (Fsp3) is 0.0952. The summed E-state index contributed by atoms with van der Waals surface area (Å²) in [6.07, 6.45) is 1.39. The Bertz CT molecular complexity index is 1030. The van der Waals surface area contributed by atoms with Crippen LogP contribution in [0.5, 0.6) is 5.75 Å². The summed E-state index contributed by atoms with van der Waals surface area (Å²) in [6, 6.07) is 18.1. The Kier molecular flexibility index (Phi) is 5.47. The monoisotopic (exact) mass is 361 g/mol. The van der Waals surface area contributed by atoms with Gasteiger partial charge in [0, 0.05) is 11.1 Å². The van der Waals surface area contributed by atoms with Crippen molar-refractivity contribution in [3.63, 3.8) is 0 Å². The summed E-state index contributed by atoms with van der Waals surface area (Å²) in [7, 11) is 0. The highest BCUT2D eigenvalue weighted by atomic mass is 16.3. The van der Waals surface area contributed by atoms with Gasteiger partial charge in [-0.05, 0) is 35.4 Å². The Labute approximate surface area is 156 Å². The zero-order chi connectivity index (χ0) is 19.2. The van der Waals surface area contributed by atoms with Gasteiger partial charge in [0.1, 0.15) is 5.75 Å². The molecule has 0 spiro atoms. The molecule has 0 bridgehead atoms. The van der Waals surface area contributed by atoms with Crippen molar-refractivity contribution in [2.45, 2.75) is 6.92 Å². The highest BCUT2D eigenvalue weighted by Gasteiger charge is 2.09. The van der Waals surface area contributed by atoms with Gasteiger partial charge in [0.2, 0.25) is 0 Å². The van der Waals surface area contributed by atoms with Crippen LogP contribution in [0.3, 0.4) is 0 Å². The molecular weight excluding hydrogens is 342 g/mol. The second kappa shape index (κ2) is 8.14. The van der Waals surface area contributed by atoms with Gasteiger partial charge < -0.3 is 10.4 Å². The van der Waals surface area contributed by atoms with Crippen molar-refractivity contribution in [2.75, 3.05) is 6.54 Å². The van der Waals surface area contributed by atoms with Crippen LogP contribution in [0.15, 0.2) is 65.8 Å². The van der Waals surface area contributed by atoms with E-state index in [1.165, 1.54) is 6.21 Å². The summed E-state index contributed by atoms with van der Waals surface area (Å²) in [4.78, 5) is 24.0. The van der Waals surface area contributed by atoms with Gasteiger partial charge in [0.15, 0.2) is 0 Å². The van der Waals surface area contributed by atoms with Crippen molar-refractivity contribution in [1.29, 1.82) is 0 Å². The number of carbonyl (C=O) groups excluding carboxylic acids is 2. The minimum absolute atomic E-state index is 0.0690. The molecule has 2 amide bonds. The van der Waals surface area contributed by atoms with E-state index in [-0.39, 0.29) is 18.2 Å². The third-order valence-corrected chi connectivity index (χ3v) is 4.13. The summed E-state index contributed by atoms with van der Waals surface area (Å²) in [5.74, 6) is -0.716. The van der Waals surface area contributed by atoms with Gasteiger partial charge >= 0.3 is 0 Å². The third-order valence-electron chi connectivity index (χ3n) is 4.13. The maximum atomic E-state index is 12.1. The maximum Gasteiger partial charge on any atom is 0.259 e. The van der Waals surface area contributed by atoms with E-state index in [4.69, 9.17) is 0 Å². The lowest BCUT2D eigenvalue weighted by Gasteiger charge is -2.07. The Morgan fingerprint density at radius 1 is 1.04 bits per heavy atom. The summed E-state index contributed by atoms with van der Waals surface area (Å²) in [5.41, 5.74) is 4.22. The van der Waals surface area contributed by atoms with Gasteiger partial charge in [-0.25, -0.2) is 5.43 Å². The molecule has 0 aromatic heterocycles. The lowest BCUT2D eigenvalue weighted by Crippen LogP contribution is -2.35. The van der Waals surface area contributed by atoms with Crippen LogP contribution in [0, 0.1) is 6.92 Å². The number of nitrogens with one attached hydrogen (secondary N) is 2. The highest BCUT2D eigenvalue weighted by molar-refractivity contribution is 6.02. The van der Waals surface area contributed by atoms with Gasteiger partial charge in [0.05, 0.1) is 12.8 Å². The average molecular weight is 361 g/mol. The van der Waals surface area contributed by atoms with E-state index in [0.717, 1.165) is 16.3 Å². The first kappa shape index (κ1) is 18.1. The number of phenols is 1. The number of aromatic hydroxyl groups is 1. The molecule has 6 heteroatoms. The number of rotatable bonds is 5. The Balaban J connectivity index is 1.61. The van der Waals surface area contributed by atoms with Gasteiger partial charge in [-0.15, -0.1) is 0 Å². The summed E-state index contributed by atoms with van der Waals surface area (Å²) in [5, 5.41) is 18.3. The molecule has 3 aromatic rings. The number of carbonyl (C=O) groups is 2. The third kappa shape index (κ3) is 4.30. The lowest BCUT2D eigenvalue weighted by molar-refractivity contribution is -0.120. The molecular formula is C21H19N3O3. The van der Waals surface area contributed by atoms with E-state index in [1.54, 1.807) is 18.2 Å². The summed E-state index contributed by atoms with van der Waals surface area (Å²) in [6.45, 7) is 1.63. The first-order valence-corrected chi connectivity index (χ1v) is 8.42. The van der Waals surface area contributed by atoms with Gasteiger partial charge in [-0.3, -0.25) is 9.59 Å². The minimum Gasteiger partial charge on any atom is -0.507 e. The molecule has 3 aromatic carbocycles. The van der Waals surface area contributed by atoms with Crippen molar-refractivity contribution in [3.8, 4) is 5.75 Å². The second-order valence-corrected chi connectivity index (χ2v) is 6.01. The van der Waals surface area contributed by atoms with Crippen LogP contribution >= 0.6 is 0 Å². The molecule has 0 saturated carbocycles. The molecule has 0 aliphatic heterocycles. The summed E-state index contributed by atoms with van der Waals surface area (Å²) >= 11 is 0. The lowest BCUT2D eigenvalue weighted by atomic mass is 10.0. The smallest absolute Gasteiger partial charge is 0.259 e. The van der Waals surface area contributed by atoms with E-state index in [0.29, 0.717) is 11.1 Å². The molecule has 0 unspecified atom stereocenters. The quantitative estimate of drug-likeness (QED) is 0.482. The topological polar surface area (TPSA) is 90.8 Å². The van der Waals surface area contributed by atoms with Crippen LogP contribution in [0.1, 0.15) is 21.5 Å². The van der Waals surface area contributed by atoms with E-state index in [1.807, 2.05) is 49.4 Å². The minimum atomic E-state index is -0.465. The van der Waals surface area contributed by atoms with E-state index in [9.17, 15) is 14.7 Å². The fourth-order valence-corrected chi connectivity index (χ4v) is 2.71. The van der Waals surface area contributed by atoms with Crippen molar-refractivity contribution < 1.29 is 14.7 Å². The van der Waals surface area contributed by atoms with E-state index >= 15 is 0 Å². The molecule has 0 radical (unpaired) electrons. The predicted octanol–water partition coefficient (Wildman–Crippen LogP) is 2.73. The zero-order valence-corrected chi connectivity index (χ0v) is 14.8. The van der Waals surface area contributed by atoms with Crippen LogP contribution < -0.4 is 10.7 Å². The second-order valence-electron chi connectivity index (χ2n) is 6.01. The number of hydrogen-bond acceptors (Lipinski definition) is 4. The first-order chi connectivity index (χ1) is 13.1. The van der Waals surface area contributed by atoms with E-state index in [2.05, 4.69) is 15.8 Å². The normalized spacial score (nSPS) is 10.9. The first-order valence-electron chi connectivity index (χ1n) is 8.42. The van der Waals surface area contributed by atoms with Crippen molar-refractivity contribution in [2.24, 2.45) is 5.10 Å². The van der Waals surface area contributed by atoms with Crippen molar-refractivity contribution in [3.05, 3.63) is 77.4 Å². The van der Waals surface area contributed by atoms with Gasteiger partial charge in [-0.2, -0.15) is 5.10 Å². The molecule has 0 aliphatic rings. The molecule has 27 heavy (non-hydrogen) atoms. The van der Waals surface area contributed by atoms with Crippen LogP contribution in [-0.4, -0.2) is 29.7 Å². The van der Waals surface area contributed by atoms with Crippen LogP contribution in [-0.2, 0) is 4.79 Å². The number of phenolic OH excluding ortho intramolecular Hbond substituents is 1. The number of nitrogens with zero attached hydrogens (tertiary/aromatic N) is 1. The highest BCUT2D eigenvalue weighted by Crippen LogP contribution is 2.25. The van der Waals surface area contributed by atoms with Gasteiger partial charge in [0.25, 0.3) is 11.8 Å². The number of amides is 2. The van der Waals surface area contributed by atoms with Crippen LogP contribution in [0.4, 0.5) is 0 Å². The number of fused-ring (bicyclic) bond motifs is 1. The number of benzene rings is 3. The standard InChI is InChI=1S/C21H19N3O3/c1-14-6-2-4-8-16(14)21(27)22-13-20(26)24-23-12-18-17-9-5-3-7-15(17)10-11-19(18)25/h2-12,25H,13H2,1H3,(H,22,27)(H,24,26). The van der Waals surface area contributed by atoms with Crippen molar-refractivity contribution >= 4 is 28.8 Å². The van der Waals surface area contributed by atoms with E-state index < -0.39 is 5.91 Å². The molecule has 3 N–H and O–H groups in total. The Morgan fingerprint density at radius 3 is 2.59 bits per heavy atom. The maximum absolute atomic E-state index is 12.1. The molecule has 136 valence electrons. The Morgan fingerprint density at radius 2 is 1.78 bits per heavy atom. The van der Waals surface area contributed by atoms with Crippen molar-refractivity contribution in [1.82, 2.24) is 10.7 Å². The molecule has 0 fully saturated rings. The fourth-order valence-electron chi connectivity index (χ4n) is 2.71.